The number of aliphatic hydroxyl groups is 1. The van der Waals surface area contributed by atoms with Gasteiger partial charge in [0.2, 0.25) is 0 Å². The normalized spacial score (nSPS) is 22.9. The summed E-state index contributed by atoms with van der Waals surface area (Å²) in [4.78, 5) is 4.40. The van der Waals surface area contributed by atoms with Gasteiger partial charge in [0.1, 0.15) is 0 Å². The van der Waals surface area contributed by atoms with Crippen molar-refractivity contribution in [1.82, 2.24) is 9.55 Å². The molecule has 2 unspecified atom stereocenters. The quantitative estimate of drug-likeness (QED) is 0.914. The van der Waals surface area contributed by atoms with E-state index in [4.69, 9.17) is 0 Å². The molecule has 122 valence electrons. The topological polar surface area (TPSA) is 38.1 Å². The maximum absolute atomic E-state index is 10.8. The Kier molecular flexibility index (Phi) is 4.21. The highest BCUT2D eigenvalue weighted by Gasteiger charge is 2.28. The van der Waals surface area contributed by atoms with E-state index in [-0.39, 0.29) is 6.10 Å². The molecule has 2 atom stereocenters. The van der Waals surface area contributed by atoms with Crippen LogP contribution in [0.5, 0.6) is 0 Å². The molecule has 0 amide bonds. The minimum atomic E-state index is -0.170. The van der Waals surface area contributed by atoms with E-state index in [0.29, 0.717) is 12.0 Å². The van der Waals surface area contributed by atoms with Crippen LogP contribution in [0.1, 0.15) is 56.6 Å². The van der Waals surface area contributed by atoms with Crippen molar-refractivity contribution in [3.8, 4) is 11.3 Å². The van der Waals surface area contributed by atoms with Gasteiger partial charge < -0.3 is 9.67 Å². The van der Waals surface area contributed by atoms with E-state index in [2.05, 4.69) is 33.8 Å². The van der Waals surface area contributed by atoms with Crippen molar-refractivity contribution < 1.29 is 5.11 Å². The van der Waals surface area contributed by atoms with Gasteiger partial charge in [0.15, 0.2) is 0 Å². The fourth-order valence-electron chi connectivity index (χ4n) is 4.48. The number of hydrogen-bond acceptors (Lipinski definition) is 2. The molecule has 1 saturated carbocycles. The van der Waals surface area contributed by atoms with Crippen LogP contribution in [0, 0.1) is 5.92 Å². The number of aliphatic hydroxyl groups excluding tert-OH is 1. The smallest absolute Gasteiger partial charge is 0.0953 e. The lowest BCUT2D eigenvalue weighted by molar-refractivity contribution is 0.0628. The molecule has 23 heavy (non-hydrogen) atoms. The summed E-state index contributed by atoms with van der Waals surface area (Å²) < 4.78 is 2.30. The number of imidazole rings is 1. The molecule has 3 nitrogen and oxygen atoms in total. The number of hydrogen-bond donors (Lipinski definition) is 1. The van der Waals surface area contributed by atoms with Crippen molar-refractivity contribution in [2.45, 2.75) is 63.5 Å². The van der Waals surface area contributed by atoms with Crippen LogP contribution in [0.15, 0.2) is 36.8 Å². The summed E-state index contributed by atoms with van der Waals surface area (Å²) in [7, 11) is 0. The number of nitrogens with zero attached hydrogens (tertiary/aromatic N) is 2. The molecular formula is C20H26N2O. The van der Waals surface area contributed by atoms with Gasteiger partial charge in [-0.2, -0.15) is 0 Å². The molecule has 0 radical (unpaired) electrons. The highest BCUT2D eigenvalue weighted by atomic mass is 16.3. The Balaban J connectivity index is 1.57. The van der Waals surface area contributed by atoms with Crippen LogP contribution >= 0.6 is 0 Å². The minimum Gasteiger partial charge on any atom is -0.393 e. The first-order valence-corrected chi connectivity index (χ1v) is 9.11. The lowest BCUT2D eigenvalue weighted by atomic mass is 9.82. The monoisotopic (exact) mass is 310 g/mol. The predicted octanol–water partition coefficient (Wildman–Crippen LogP) is 4.37. The minimum absolute atomic E-state index is 0.170. The number of aryl methyl sites for hydroxylation is 1. The van der Waals surface area contributed by atoms with E-state index in [1.807, 2.05) is 12.5 Å². The Labute approximate surface area is 138 Å². The molecule has 1 fully saturated rings. The Bertz CT molecular complexity index is 657. The zero-order chi connectivity index (χ0) is 15.6. The number of fused-ring (bicyclic) bond motifs is 3. The van der Waals surface area contributed by atoms with Gasteiger partial charge in [-0.3, -0.25) is 0 Å². The largest absolute Gasteiger partial charge is 0.393 e. The van der Waals surface area contributed by atoms with Crippen molar-refractivity contribution >= 4 is 0 Å². The zero-order valence-corrected chi connectivity index (χ0v) is 13.7. The molecule has 0 spiro atoms. The summed E-state index contributed by atoms with van der Waals surface area (Å²) in [5, 5.41) is 10.8. The molecule has 1 aliphatic carbocycles. The van der Waals surface area contributed by atoms with Crippen molar-refractivity contribution in [3.05, 3.63) is 42.4 Å². The summed E-state index contributed by atoms with van der Waals surface area (Å²) in [6, 6.07) is 9.01. The van der Waals surface area contributed by atoms with Gasteiger partial charge >= 0.3 is 0 Å². The first kappa shape index (κ1) is 14.9. The third-order valence-electron chi connectivity index (χ3n) is 5.81. The Hall–Kier alpha value is -1.61. The zero-order valence-electron chi connectivity index (χ0n) is 13.7. The van der Waals surface area contributed by atoms with E-state index in [0.717, 1.165) is 19.3 Å². The molecule has 2 aromatic rings. The van der Waals surface area contributed by atoms with Crippen LogP contribution < -0.4 is 0 Å². The van der Waals surface area contributed by atoms with Crippen LogP contribution in [0.4, 0.5) is 0 Å². The highest BCUT2D eigenvalue weighted by Crippen LogP contribution is 2.37. The fourth-order valence-corrected chi connectivity index (χ4v) is 4.48. The van der Waals surface area contributed by atoms with Gasteiger partial charge in [0, 0.05) is 11.6 Å². The molecule has 2 heterocycles. The number of benzene rings is 1. The maximum atomic E-state index is 10.8. The van der Waals surface area contributed by atoms with E-state index in [9.17, 15) is 5.11 Å². The predicted molar refractivity (Wildman–Crippen MR) is 92.2 cm³/mol. The number of aromatic nitrogens is 2. The van der Waals surface area contributed by atoms with Gasteiger partial charge in [-0.25, -0.2) is 4.98 Å². The van der Waals surface area contributed by atoms with Gasteiger partial charge in [-0.05, 0) is 43.6 Å². The van der Waals surface area contributed by atoms with Crippen LogP contribution in [0.25, 0.3) is 11.3 Å². The van der Waals surface area contributed by atoms with Crippen molar-refractivity contribution in [2.75, 3.05) is 0 Å². The second-order valence-corrected chi connectivity index (χ2v) is 7.24. The molecule has 4 rings (SSSR count). The molecular weight excluding hydrogens is 284 g/mol. The first-order chi connectivity index (χ1) is 11.3. The third kappa shape index (κ3) is 2.94. The van der Waals surface area contributed by atoms with Crippen LogP contribution in [0.2, 0.25) is 0 Å². The average molecular weight is 310 g/mol. The Morgan fingerprint density at radius 3 is 2.83 bits per heavy atom. The summed E-state index contributed by atoms with van der Waals surface area (Å²) in [5.74, 6) is 0.501. The SMILES string of the molecule is OC(CC1CCc2ccccc2-c2cncn21)C1CCCCC1. The van der Waals surface area contributed by atoms with Gasteiger partial charge in [-0.15, -0.1) is 0 Å². The third-order valence-corrected chi connectivity index (χ3v) is 5.81. The average Bonchev–Trinajstić information content (AvgIpc) is 3.04. The molecule has 0 saturated heterocycles. The highest BCUT2D eigenvalue weighted by molar-refractivity contribution is 5.64. The first-order valence-electron chi connectivity index (χ1n) is 9.11. The Morgan fingerprint density at radius 1 is 1.13 bits per heavy atom. The van der Waals surface area contributed by atoms with Gasteiger partial charge in [0.05, 0.1) is 24.3 Å². The van der Waals surface area contributed by atoms with Crippen molar-refractivity contribution in [3.63, 3.8) is 0 Å². The van der Waals surface area contributed by atoms with Crippen molar-refractivity contribution in [1.29, 1.82) is 0 Å². The van der Waals surface area contributed by atoms with Crippen LogP contribution in [-0.2, 0) is 6.42 Å². The van der Waals surface area contributed by atoms with E-state index in [1.54, 1.807) is 0 Å². The number of rotatable bonds is 3. The van der Waals surface area contributed by atoms with Gasteiger partial charge in [0.25, 0.3) is 0 Å². The van der Waals surface area contributed by atoms with E-state index in [1.165, 1.54) is 48.9 Å². The summed E-state index contributed by atoms with van der Waals surface area (Å²) in [5.41, 5.74) is 3.92. The summed E-state index contributed by atoms with van der Waals surface area (Å²) in [6.07, 6.45) is 13.1. The summed E-state index contributed by atoms with van der Waals surface area (Å²) in [6.45, 7) is 0. The van der Waals surface area contributed by atoms with Crippen LogP contribution in [-0.4, -0.2) is 20.8 Å². The molecule has 1 N–H and O–H groups in total. The lowest BCUT2D eigenvalue weighted by Crippen LogP contribution is -2.26. The van der Waals surface area contributed by atoms with E-state index >= 15 is 0 Å². The molecule has 2 aliphatic rings. The Morgan fingerprint density at radius 2 is 1.96 bits per heavy atom. The van der Waals surface area contributed by atoms with E-state index < -0.39 is 0 Å². The van der Waals surface area contributed by atoms with Crippen molar-refractivity contribution in [2.24, 2.45) is 5.92 Å². The van der Waals surface area contributed by atoms with Gasteiger partial charge in [-0.1, -0.05) is 43.5 Å². The molecule has 1 aliphatic heterocycles. The fraction of sp³-hybridized carbons (Fsp3) is 0.550. The molecule has 1 aromatic carbocycles. The second kappa shape index (κ2) is 6.48. The second-order valence-electron chi connectivity index (χ2n) is 7.24. The molecule has 3 heteroatoms. The summed E-state index contributed by atoms with van der Waals surface area (Å²) >= 11 is 0. The lowest BCUT2D eigenvalue weighted by Gasteiger charge is -2.30. The maximum Gasteiger partial charge on any atom is 0.0953 e. The molecule has 1 aromatic heterocycles. The standard InChI is InChI=1S/C20H26N2O/c23-20(16-7-2-1-3-8-16)12-17-11-10-15-6-4-5-9-18(15)19-13-21-14-22(17)19/h4-6,9,13-14,16-17,20,23H,1-3,7-8,10-12H2. The van der Waals surface area contributed by atoms with Crippen LogP contribution in [0.3, 0.4) is 0 Å². The molecule has 0 bridgehead atoms.